The van der Waals surface area contributed by atoms with Crippen molar-refractivity contribution in [2.24, 2.45) is 12.1 Å². The molecule has 5 heteroatoms. The maximum Gasteiger partial charge on any atom is 0.257 e. The smallest absolute Gasteiger partial charge is 0.257 e. The summed E-state index contributed by atoms with van der Waals surface area (Å²) in [6, 6.07) is 10.5. The van der Waals surface area contributed by atoms with E-state index in [1.807, 2.05) is 19.3 Å². The van der Waals surface area contributed by atoms with E-state index in [1.165, 1.54) is 11.1 Å². The molecule has 5 nitrogen and oxygen atoms in total. The van der Waals surface area contributed by atoms with Gasteiger partial charge in [-0.3, -0.25) is 9.69 Å². The largest absolute Gasteiger partial charge is 0.353 e. The molecule has 0 aliphatic carbocycles. The van der Waals surface area contributed by atoms with Crippen LogP contribution in [0.1, 0.15) is 48.7 Å². The minimum Gasteiger partial charge on any atom is -0.353 e. The number of hydrogen-bond acceptors (Lipinski definition) is 3. The number of likely N-dealkylation sites (N-methyl/N-ethyl adjacent to an activating group) is 1. The van der Waals surface area contributed by atoms with Crippen molar-refractivity contribution in [2.45, 2.75) is 40.2 Å². The zero-order chi connectivity index (χ0) is 19.6. The molecule has 0 saturated heterocycles. The molecular weight excluding hydrogens is 336 g/mol. The van der Waals surface area contributed by atoms with Gasteiger partial charge in [-0.05, 0) is 61.8 Å². The number of hydrazone groups is 1. The van der Waals surface area contributed by atoms with Crippen molar-refractivity contribution in [3.8, 4) is 0 Å². The number of carbonyl (C=O) groups excluding carboxylic acids is 1. The highest BCUT2D eigenvalue weighted by molar-refractivity contribution is 6.03. The van der Waals surface area contributed by atoms with Gasteiger partial charge in [-0.2, -0.15) is 5.10 Å². The molecule has 0 unspecified atom stereocenters. The predicted molar refractivity (Wildman–Crippen MR) is 110 cm³/mol. The molecule has 27 heavy (non-hydrogen) atoms. The Labute approximate surface area is 162 Å². The lowest BCUT2D eigenvalue weighted by molar-refractivity contribution is -0.134. The highest BCUT2D eigenvalue weighted by Gasteiger charge is 2.34. The lowest BCUT2D eigenvalue weighted by atomic mass is 9.98. The number of aryl methyl sites for hydroxylation is 3. The maximum atomic E-state index is 13.1. The summed E-state index contributed by atoms with van der Waals surface area (Å²) in [7, 11) is 2.02. The van der Waals surface area contributed by atoms with Gasteiger partial charge >= 0.3 is 0 Å². The number of carbonyl (C=O) groups is 1. The fraction of sp³-hybridized carbons (Fsp3) is 0.455. The van der Waals surface area contributed by atoms with E-state index in [0.717, 1.165) is 36.5 Å². The first-order valence-corrected chi connectivity index (χ1v) is 9.75. The molecular formula is C22H30N4O. The third-order valence-corrected chi connectivity index (χ3v) is 5.58. The predicted octanol–water partition coefficient (Wildman–Crippen LogP) is 3.66. The van der Waals surface area contributed by atoms with Gasteiger partial charge in [0.1, 0.15) is 6.04 Å². The molecule has 2 heterocycles. The van der Waals surface area contributed by atoms with Crippen molar-refractivity contribution >= 4 is 11.6 Å². The van der Waals surface area contributed by atoms with Crippen LogP contribution in [0.4, 0.5) is 0 Å². The second-order valence-corrected chi connectivity index (χ2v) is 7.31. The van der Waals surface area contributed by atoms with E-state index in [-0.39, 0.29) is 11.9 Å². The molecule has 144 valence electrons. The molecule has 3 rings (SSSR count). The number of benzene rings is 1. The summed E-state index contributed by atoms with van der Waals surface area (Å²) in [6.07, 6.45) is 2.76. The van der Waals surface area contributed by atoms with Crippen LogP contribution in [-0.2, 0) is 11.8 Å². The van der Waals surface area contributed by atoms with Crippen molar-refractivity contribution in [1.29, 1.82) is 0 Å². The van der Waals surface area contributed by atoms with Crippen molar-refractivity contribution < 1.29 is 4.79 Å². The van der Waals surface area contributed by atoms with Crippen LogP contribution in [0.15, 0.2) is 41.6 Å². The number of rotatable bonds is 6. The quantitative estimate of drug-likeness (QED) is 0.783. The maximum absolute atomic E-state index is 13.1. The van der Waals surface area contributed by atoms with Crippen LogP contribution in [0, 0.1) is 13.8 Å². The highest BCUT2D eigenvalue weighted by atomic mass is 16.2. The molecule has 0 spiro atoms. The van der Waals surface area contributed by atoms with Crippen LogP contribution >= 0.6 is 0 Å². The molecule has 1 aliphatic heterocycles. The van der Waals surface area contributed by atoms with E-state index in [4.69, 9.17) is 5.10 Å². The Balaban J connectivity index is 1.93. The Morgan fingerprint density at radius 2 is 1.93 bits per heavy atom. The summed E-state index contributed by atoms with van der Waals surface area (Å²) < 4.78 is 2.08. The van der Waals surface area contributed by atoms with E-state index in [0.29, 0.717) is 6.54 Å². The third-order valence-electron chi connectivity index (χ3n) is 5.58. The first-order valence-electron chi connectivity index (χ1n) is 9.75. The van der Waals surface area contributed by atoms with Crippen molar-refractivity contribution in [2.75, 3.05) is 19.6 Å². The molecule has 1 amide bonds. The Morgan fingerprint density at radius 3 is 2.52 bits per heavy atom. The summed E-state index contributed by atoms with van der Waals surface area (Å²) in [6.45, 7) is 10.5. The van der Waals surface area contributed by atoms with Crippen LogP contribution in [0.2, 0.25) is 0 Å². The second kappa shape index (κ2) is 8.09. The second-order valence-electron chi connectivity index (χ2n) is 7.31. The SMILES string of the molecule is CCN(CC)CC(=O)N1N=C(c2ccc(C)c(C)c2)C[C@@H]1c1cccn1C. The van der Waals surface area contributed by atoms with Gasteiger partial charge in [0.05, 0.1) is 12.3 Å². The molecule has 1 aliphatic rings. The van der Waals surface area contributed by atoms with Crippen LogP contribution in [0.3, 0.4) is 0 Å². The Kier molecular flexibility index (Phi) is 5.80. The van der Waals surface area contributed by atoms with Gasteiger partial charge in [-0.15, -0.1) is 0 Å². The third kappa shape index (κ3) is 3.98. The zero-order valence-corrected chi connectivity index (χ0v) is 17.1. The summed E-state index contributed by atoms with van der Waals surface area (Å²) in [4.78, 5) is 15.2. The van der Waals surface area contributed by atoms with Crippen LogP contribution < -0.4 is 0 Å². The number of aromatic nitrogens is 1. The van der Waals surface area contributed by atoms with Crippen LogP contribution in [0.25, 0.3) is 0 Å². The zero-order valence-electron chi connectivity index (χ0n) is 17.1. The van der Waals surface area contributed by atoms with E-state index < -0.39 is 0 Å². The average Bonchev–Trinajstić information content (AvgIpc) is 3.27. The molecule has 2 aromatic rings. The first kappa shape index (κ1) is 19.4. The first-order chi connectivity index (χ1) is 12.9. The lowest BCUT2D eigenvalue weighted by Crippen LogP contribution is -2.38. The minimum atomic E-state index is -0.0512. The summed E-state index contributed by atoms with van der Waals surface area (Å²) in [5, 5.41) is 6.50. The minimum absolute atomic E-state index is 0.0512. The summed E-state index contributed by atoms with van der Waals surface area (Å²) in [5.41, 5.74) is 5.72. The Hall–Kier alpha value is -2.40. The van der Waals surface area contributed by atoms with Gasteiger partial charge < -0.3 is 4.57 Å². The number of hydrogen-bond donors (Lipinski definition) is 0. The Morgan fingerprint density at radius 1 is 1.19 bits per heavy atom. The average molecular weight is 367 g/mol. The van der Waals surface area contributed by atoms with E-state index in [9.17, 15) is 4.79 Å². The van der Waals surface area contributed by atoms with E-state index >= 15 is 0 Å². The molecule has 0 fully saturated rings. The standard InChI is InChI=1S/C22H30N4O/c1-6-25(7-2)15-22(27)26-21(20-9-8-12-24(20)5)14-19(23-26)18-11-10-16(3)17(4)13-18/h8-13,21H,6-7,14-15H2,1-5H3/t21-/m1/s1. The van der Waals surface area contributed by atoms with E-state index in [2.05, 4.69) is 61.4 Å². The molecule has 1 aromatic heterocycles. The Bertz CT molecular complexity index is 848. The highest BCUT2D eigenvalue weighted by Crippen LogP contribution is 2.33. The van der Waals surface area contributed by atoms with Gasteiger partial charge in [0.2, 0.25) is 0 Å². The monoisotopic (exact) mass is 366 g/mol. The molecule has 1 aromatic carbocycles. The van der Waals surface area contributed by atoms with Crippen LogP contribution in [0.5, 0.6) is 0 Å². The fourth-order valence-corrected chi connectivity index (χ4v) is 3.60. The molecule has 0 N–H and O–H groups in total. The van der Waals surface area contributed by atoms with Gasteiger partial charge in [0.15, 0.2) is 0 Å². The van der Waals surface area contributed by atoms with Gasteiger partial charge in [-0.25, -0.2) is 5.01 Å². The fourth-order valence-electron chi connectivity index (χ4n) is 3.60. The number of amides is 1. The summed E-state index contributed by atoms with van der Waals surface area (Å²) in [5.74, 6) is 0.0590. The van der Waals surface area contributed by atoms with Crippen LogP contribution in [-0.4, -0.2) is 45.7 Å². The van der Waals surface area contributed by atoms with Crippen molar-refractivity contribution in [3.63, 3.8) is 0 Å². The topological polar surface area (TPSA) is 40.8 Å². The molecule has 0 saturated carbocycles. The molecule has 0 bridgehead atoms. The number of nitrogens with zero attached hydrogens (tertiary/aromatic N) is 4. The van der Waals surface area contributed by atoms with Crippen molar-refractivity contribution in [3.05, 3.63) is 58.9 Å². The van der Waals surface area contributed by atoms with E-state index in [1.54, 1.807) is 5.01 Å². The molecule has 1 atom stereocenters. The molecule has 0 radical (unpaired) electrons. The summed E-state index contributed by atoms with van der Waals surface area (Å²) >= 11 is 0. The van der Waals surface area contributed by atoms with Gasteiger partial charge in [-0.1, -0.05) is 26.0 Å². The van der Waals surface area contributed by atoms with Gasteiger partial charge in [0, 0.05) is 25.4 Å². The lowest BCUT2D eigenvalue weighted by Gasteiger charge is -2.25. The van der Waals surface area contributed by atoms with Crippen molar-refractivity contribution in [1.82, 2.24) is 14.5 Å². The van der Waals surface area contributed by atoms with Gasteiger partial charge in [0.25, 0.3) is 5.91 Å². The normalized spacial score (nSPS) is 16.9.